The van der Waals surface area contributed by atoms with Crippen molar-refractivity contribution in [3.05, 3.63) is 65.2 Å². The Hall–Kier alpha value is -5.22. The van der Waals surface area contributed by atoms with Gasteiger partial charge >= 0.3 is 11.9 Å². The molecule has 4 rings (SSSR count). The highest BCUT2D eigenvalue weighted by atomic mass is 32.3. The Balaban J connectivity index is 1.83. The minimum Gasteiger partial charge on any atom is -0.505 e. The summed E-state index contributed by atoms with van der Waals surface area (Å²) < 4.78 is 68.6. The topological polar surface area (TPSA) is 315 Å². The third kappa shape index (κ3) is 7.78. The zero-order valence-electron chi connectivity index (χ0n) is 23.8. The molecule has 4 aromatic rings. The molecule has 0 amide bonds. The highest BCUT2D eigenvalue weighted by molar-refractivity contribution is 8.19. The van der Waals surface area contributed by atoms with E-state index in [0.29, 0.717) is 5.56 Å². The molecule has 0 saturated carbocycles. The van der Waals surface area contributed by atoms with Crippen molar-refractivity contribution in [2.75, 3.05) is 18.9 Å². The average Bonchev–Trinajstić information content (AvgIpc) is 2.98. The molecule has 0 atom stereocenters. The molecular formula is C27H25N5O13S2. The number of nitrogens with two attached hydrogens (primary N) is 1. The molecule has 0 aliphatic heterocycles. The van der Waals surface area contributed by atoms with E-state index in [-0.39, 0.29) is 51.3 Å². The second-order valence-electron chi connectivity index (χ2n) is 9.63. The molecule has 10 N–H and O–H groups in total. The summed E-state index contributed by atoms with van der Waals surface area (Å²) in [6.45, 7) is 0.872. The molecule has 0 spiro atoms. The van der Waals surface area contributed by atoms with Gasteiger partial charge < -0.3 is 44.6 Å². The van der Waals surface area contributed by atoms with Crippen LogP contribution in [-0.4, -0.2) is 72.2 Å². The number of azo groups is 2. The number of hydrogen-bond donors (Lipinski definition) is 9. The molecular weight excluding hydrogens is 666 g/mol. The van der Waals surface area contributed by atoms with Crippen molar-refractivity contribution in [3.8, 4) is 11.5 Å². The number of aromatic hydroxyl groups is 1. The highest BCUT2D eigenvalue weighted by Gasteiger charge is 2.27. The van der Waals surface area contributed by atoms with Gasteiger partial charge in [0.05, 0.1) is 39.7 Å². The lowest BCUT2D eigenvalue weighted by Gasteiger charge is -2.22. The number of benzene rings is 4. The minimum atomic E-state index is -4.82. The molecule has 47 heavy (non-hydrogen) atoms. The standard InChI is InChI=1S/C27H25N5O13S2/c1-12-4-20(21(45-3-2-33)11-19(12)30-29-16-6-14(26(35)36)5-15(7-16)27(37)38)31-32-24-23(47(42,43)44)9-13-8-22(46(39,40)41)18(28)10-17(13)25(24)34/h4-11,33-34,42-44H,2-3,28H2,1H3,(H,35,36)(H,37,38)(H,39,40,41). The summed E-state index contributed by atoms with van der Waals surface area (Å²) in [6.07, 6.45) is 0. The number of rotatable bonds is 11. The monoisotopic (exact) mass is 691 g/mol. The maximum absolute atomic E-state index is 11.7. The predicted octanol–water partition coefficient (Wildman–Crippen LogP) is 5.86. The van der Waals surface area contributed by atoms with E-state index < -0.39 is 66.4 Å². The number of aromatic carboxylic acids is 2. The lowest BCUT2D eigenvalue weighted by atomic mass is 10.1. The first-order chi connectivity index (χ1) is 21.9. The number of fused-ring (bicyclic) bond motifs is 1. The van der Waals surface area contributed by atoms with Crippen molar-refractivity contribution in [2.45, 2.75) is 16.7 Å². The molecule has 0 aliphatic carbocycles. The lowest BCUT2D eigenvalue weighted by molar-refractivity contribution is 0.0696. The van der Waals surface area contributed by atoms with Gasteiger partial charge in [0.2, 0.25) is 0 Å². The van der Waals surface area contributed by atoms with Crippen LogP contribution in [0, 0.1) is 6.92 Å². The van der Waals surface area contributed by atoms with Crippen LogP contribution in [0.4, 0.5) is 28.4 Å². The minimum absolute atomic E-state index is 0.0583. The quantitative estimate of drug-likeness (QED) is 0.0505. The van der Waals surface area contributed by atoms with Gasteiger partial charge in [0, 0.05) is 11.5 Å². The number of nitrogens with zero attached hydrogens (tertiary/aromatic N) is 4. The Morgan fingerprint density at radius 1 is 0.809 bits per heavy atom. The number of aryl methyl sites for hydroxylation is 1. The molecule has 0 unspecified atom stereocenters. The molecule has 20 heteroatoms. The van der Waals surface area contributed by atoms with E-state index in [9.17, 15) is 56.6 Å². The molecule has 0 saturated heterocycles. The van der Waals surface area contributed by atoms with Crippen LogP contribution in [0.25, 0.3) is 10.8 Å². The zero-order valence-corrected chi connectivity index (χ0v) is 25.5. The van der Waals surface area contributed by atoms with Crippen molar-refractivity contribution in [3.63, 3.8) is 0 Å². The molecule has 0 bridgehead atoms. The van der Waals surface area contributed by atoms with Crippen molar-refractivity contribution < 1.29 is 61.4 Å². The van der Waals surface area contributed by atoms with Gasteiger partial charge in [-0.25, -0.2) is 9.59 Å². The Morgan fingerprint density at radius 2 is 1.40 bits per heavy atom. The predicted molar refractivity (Wildman–Crippen MR) is 166 cm³/mol. The molecule has 0 fully saturated rings. The van der Waals surface area contributed by atoms with E-state index in [0.717, 1.165) is 36.4 Å². The fourth-order valence-corrected chi connectivity index (χ4v) is 5.48. The summed E-state index contributed by atoms with van der Waals surface area (Å²) in [5.41, 5.74) is 4.30. The first-order valence-corrected chi connectivity index (χ1v) is 15.8. The summed E-state index contributed by atoms with van der Waals surface area (Å²) >= 11 is 0. The smallest absolute Gasteiger partial charge is 0.335 e. The van der Waals surface area contributed by atoms with Crippen molar-refractivity contribution in [2.24, 2.45) is 20.5 Å². The van der Waals surface area contributed by atoms with E-state index in [4.69, 9.17) is 10.5 Å². The zero-order chi connectivity index (χ0) is 34.8. The second kappa shape index (κ2) is 13.3. The third-order valence-corrected chi connectivity index (χ3v) is 8.13. The number of anilines is 1. The summed E-state index contributed by atoms with van der Waals surface area (Å²) in [5.74, 6) is -3.63. The Labute approximate surface area is 266 Å². The van der Waals surface area contributed by atoms with Crippen molar-refractivity contribution >= 4 is 72.1 Å². The number of hydrogen-bond acceptors (Lipinski definition) is 15. The third-order valence-electron chi connectivity index (χ3n) is 6.32. The fraction of sp³-hybridized carbons (Fsp3) is 0.111. The Kier molecular flexibility index (Phi) is 9.77. The van der Waals surface area contributed by atoms with Crippen molar-refractivity contribution in [1.29, 1.82) is 0 Å². The number of carbonyl (C=O) groups is 2. The molecule has 4 aromatic carbocycles. The first kappa shape index (κ1) is 34.6. The number of carboxylic acids is 2. The largest absolute Gasteiger partial charge is 0.505 e. The van der Waals surface area contributed by atoms with Crippen LogP contribution in [-0.2, 0) is 10.1 Å². The van der Waals surface area contributed by atoms with Gasteiger partial charge in [0.15, 0.2) is 5.75 Å². The maximum atomic E-state index is 11.7. The Bertz CT molecular complexity index is 2060. The van der Waals surface area contributed by atoms with Gasteiger partial charge in [-0.3, -0.25) is 4.55 Å². The van der Waals surface area contributed by atoms with E-state index in [2.05, 4.69) is 20.5 Å². The number of nitrogen functional groups attached to an aromatic ring is 1. The van der Waals surface area contributed by atoms with Gasteiger partial charge in [0.1, 0.15) is 39.5 Å². The molecule has 0 aromatic heterocycles. The second-order valence-corrected chi connectivity index (χ2v) is 12.5. The highest BCUT2D eigenvalue weighted by Crippen LogP contribution is 2.55. The van der Waals surface area contributed by atoms with Gasteiger partial charge in [0.25, 0.3) is 10.1 Å². The van der Waals surface area contributed by atoms with E-state index in [1.807, 2.05) is 0 Å². The van der Waals surface area contributed by atoms with E-state index in [1.54, 1.807) is 6.92 Å². The number of aliphatic hydroxyl groups is 1. The molecule has 18 nitrogen and oxygen atoms in total. The lowest BCUT2D eigenvalue weighted by Crippen LogP contribution is -2.03. The molecule has 0 heterocycles. The maximum Gasteiger partial charge on any atom is 0.335 e. The molecule has 0 aliphatic rings. The normalized spacial score (nSPS) is 12.6. The number of ether oxygens (including phenoxy) is 1. The SMILES string of the molecule is Cc1cc(N=Nc2c(S(O)(O)O)cc3cc(S(=O)(=O)O)c(N)cc3c2O)c(OCCO)cc1N=Nc1cc(C(=O)O)cc(C(=O)O)c1. The fourth-order valence-electron chi connectivity index (χ4n) is 4.17. The summed E-state index contributed by atoms with van der Waals surface area (Å²) in [6, 6.07) is 8.56. The van der Waals surface area contributed by atoms with Crippen LogP contribution in [0.3, 0.4) is 0 Å². The first-order valence-electron chi connectivity index (χ1n) is 12.8. The van der Waals surface area contributed by atoms with Gasteiger partial charge in [-0.2, -0.15) is 18.6 Å². The summed E-state index contributed by atoms with van der Waals surface area (Å²) in [7, 11) is -9.44. The van der Waals surface area contributed by atoms with Gasteiger partial charge in [-0.1, -0.05) is 0 Å². The summed E-state index contributed by atoms with van der Waals surface area (Å²) in [5, 5.41) is 54.4. The number of carboxylic acid groups (broad SMARTS) is 2. The van der Waals surface area contributed by atoms with Crippen LogP contribution in [0.1, 0.15) is 26.3 Å². The molecule has 248 valence electrons. The van der Waals surface area contributed by atoms with Gasteiger partial charge in [-0.15, -0.1) is 10.2 Å². The van der Waals surface area contributed by atoms with Crippen LogP contribution in [0.15, 0.2) is 78.8 Å². The summed E-state index contributed by atoms with van der Waals surface area (Å²) in [4.78, 5) is 21.3. The van der Waals surface area contributed by atoms with Crippen LogP contribution in [0.5, 0.6) is 11.5 Å². The number of phenols is 1. The number of phenolic OH excluding ortho intramolecular Hbond substituents is 1. The van der Waals surface area contributed by atoms with E-state index in [1.165, 1.54) is 12.1 Å². The number of aliphatic hydroxyl groups excluding tert-OH is 1. The van der Waals surface area contributed by atoms with E-state index >= 15 is 0 Å². The Morgan fingerprint density at radius 3 is 1.96 bits per heavy atom. The average molecular weight is 692 g/mol. The van der Waals surface area contributed by atoms with Crippen molar-refractivity contribution in [1.82, 2.24) is 0 Å². The van der Waals surface area contributed by atoms with Gasteiger partial charge in [-0.05, 0) is 60.3 Å². The van der Waals surface area contributed by atoms with Crippen LogP contribution in [0.2, 0.25) is 0 Å². The molecule has 0 radical (unpaired) electrons. The van der Waals surface area contributed by atoms with Crippen LogP contribution < -0.4 is 10.5 Å². The van der Waals surface area contributed by atoms with Crippen LogP contribution >= 0.6 is 10.9 Å².